The minimum atomic E-state index is -0.654. The molecule has 1 unspecified atom stereocenters. The van der Waals surface area contributed by atoms with Crippen LogP contribution in [0.15, 0.2) is 48.8 Å². The van der Waals surface area contributed by atoms with Gasteiger partial charge in [0.1, 0.15) is 12.6 Å². The lowest BCUT2D eigenvalue weighted by atomic mass is 9.97. The summed E-state index contributed by atoms with van der Waals surface area (Å²) in [6.07, 6.45) is 7.68. The smallest absolute Gasteiger partial charge is 0.269 e. The molecule has 3 amide bonds. The summed E-state index contributed by atoms with van der Waals surface area (Å²) >= 11 is 0. The maximum Gasteiger partial charge on any atom is 0.269 e. The molecule has 0 bridgehead atoms. The minimum Gasteiger partial charge on any atom is -0.364 e. The summed E-state index contributed by atoms with van der Waals surface area (Å²) in [5, 5.41) is 8.08. The number of benzene rings is 1. The van der Waals surface area contributed by atoms with E-state index in [4.69, 9.17) is 5.73 Å². The molecular weight excluding hydrogens is 444 g/mol. The van der Waals surface area contributed by atoms with E-state index in [1.807, 2.05) is 6.07 Å². The summed E-state index contributed by atoms with van der Waals surface area (Å²) in [6.45, 7) is -0.0675. The zero-order valence-corrected chi connectivity index (χ0v) is 19.3. The molecule has 3 aromatic rings. The second kappa shape index (κ2) is 8.48. The first kappa shape index (κ1) is 21.8. The van der Waals surface area contributed by atoms with Gasteiger partial charge in [-0.2, -0.15) is 5.10 Å². The summed E-state index contributed by atoms with van der Waals surface area (Å²) in [5.74, 6) is -0.0505. The third-order valence-electron chi connectivity index (χ3n) is 7.82. The number of primary amides is 1. The van der Waals surface area contributed by atoms with Crippen LogP contribution in [-0.4, -0.2) is 55.5 Å². The quantitative estimate of drug-likeness (QED) is 0.568. The maximum absolute atomic E-state index is 13.4. The number of nitrogens with one attached hydrogen (secondary N) is 1. The monoisotopic (exact) mass is 472 g/mol. The van der Waals surface area contributed by atoms with E-state index < -0.39 is 11.9 Å². The van der Waals surface area contributed by atoms with Crippen LogP contribution in [0.1, 0.15) is 54.1 Å². The van der Waals surface area contributed by atoms with Crippen molar-refractivity contribution in [2.75, 3.05) is 0 Å². The molecule has 35 heavy (non-hydrogen) atoms. The number of aromatic nitrogens is 3. The van der Waals surface area contributed by atoms with Gasteiger partial charge in [0, 0.05) is 23.7 Å². The van der Waals surface area contributed by atoms with Crippen LogP contribution in [0.4, 0.5) is 0 Å². The Morgan fingerprint density at radius 1 is 1.06 bits per heavy atom. The first-order valence-corrected chi connectivity index (χ1v) is 12.3. The molecule has 1 aromatic carbocycles. The molecular formula is C26H28N6O3. The van der Waals surface area contributed by atoms with E-state index >= 15 is 0 Å². The largest absolute Gasteiger partial charge is 0.364 e. The van der Waals surface area contributed by atoms with Crippen LogP contribution in [0.3, 0.4) is 0 Å². The Bertz CT molecular complexity index is 1300. The predicted molar refractivity (Wildman–Crippen MR) is 128 cm³/mol. The van der Waals surface area contributed by atoms with Gasteiger partial charge in [0.25, 0.3) is 5.91 Å². The van der Waals surface area contributed by atoms with Gasteiger partial charge in [0.05, 0.1) is 11.7 Å². The number of nitrogens with two attached hydrogens (primary N) is 1. The Hall–Kier alpha value is -3.75. The third kappa shape index (κ3) is 3.94. The molecule has 6 rings (SSSR count). The van der Waals surface area contributed by atoms with Gasteiger partial charge in [-0.25, -0.2) is 0 Å². The standard InChI is InChI=1S/C26H28N6O3/c27-25(34)24-19-8-9-28-13-22(19)31(30-24)14-23(33)32-20-11-17(20)12-21(32)26(35)29-18-7-6-16(10-18)15-4-2-1-3-5-15/h1-5,8-9,13,16-18,20-21H,6-7,10-12,14H2,(H2,27,34)(H,29,35)/t16-,17+,18?,20+,21+/m1/s1. The number of likely N-dealkylation sites (tertiary alicyclic amines) is 1. The van der Waals surface area contributed by atoms with Gasteiger partial charge in [-0.15, -0.1) is 0 Å². The normalized spacial score (nSPS) is 27.1. The number of hydrogen-bond donors (Lipinski definition) is 2. The van der Waals surface area contributed by atoms with Crippen LogP contribution in [0.5, 0.6) is 0 Å². The SMILES string of the molecule is NC(=O)c1nn(CC(=O)N2[C@H](C(=O)NC3CC[C@@H](c4ccccc4)C3)C[C@@H]3C[C@@H]32)c2cnccc12. The molecule has 2 saturated carbocycles. The molecule has 9 nitrogen and oxygen atoms in total. The van der Waals surface area contributed by atoms with E-state index in [2.05, 4.69) is 39.7 Å². The van der Waals surface area contributed by atoms with E-state index in [0.717, 1.165) is 25.7 Å². The van der Waals surface area contributed by atoms with E-state index in [1.165, 1.54) is 10.2 Å². The Morgan fingerprint density at radius 2 is 1.89 bits per heavy atom. The summed E-state index contributed by atoms with van der Waals surface area (Å²) in [6, 6.07) is 11.9. The lowest BCUT2D eigenvalue weighted by Crippen LogP contribution is -2.50. The second-order valence-electron chi connectivity index (χ2n) is 10.0. The molecule has 1 aliphatic heterocycles. The summed E-state index contributed by atoms with van der Waals surface area (Å²) in [5.41, 5.74) is 7.48. The fourth-order valence-electron chi connectivity index (χ4n) is 6.02. The average Bonchev–Trinajstić information content (AvgIpc) is 3.20. The van der Waals surface area contributed by atoms with Gasteiger partial charge in [0.15, 0.2) is 5.69 Å². The van der Waals surface area contributed by atoms with Crippen LogP contribution in [0.25, 0.3) is 10.9 Å². The van der Waals surface area contributed by atoms with Crippen LogP contribution in [-0.2, 0) is 16.1 Å². The van der Waals surface area contributed by atoms with Crippen molar-refractivity contribution in [3.8, 4) is 0 Å². The zero-order chi connectivity index (χ0) is 24.1. The molecule has 3 N–H and O–H groups in total. The summed E-state index contributed by atoms with van der Waals surface area (Å²) < 4.78 is 1.47. The maximum atomic E-state index is 13.4. The molecule has 5 atom stereocenters. The zero-order valence-electron chi connectivity index (χ0n) is 19.3. The topological polar surface area (TPSA) is 123 Å². The van der Waals surface area contributed by atoms with Crippen LogP contribution in [0, 0.1) is 5.92 Å². The number of rotatable bonds is 6. The molecule has 3 fully saturated rings. The van der Waals surface area contributed by atoms with Crippen LogP contribution >= 0.6 is 0 Å². The lowest BCUT2D eigenvalue weighted by molar-refractivity contribution is -0.140. The average molecular weight is 473 g/mol. The molecule has 3 heterocycles. The molecule has 1 saturated heterocycles. The van der Waals surface area contributed by atoms with E-state index in [-0.39, 0.29) is 36.1 Å². The highest BCUT2D eigenvalue weighted by Gasteiger charge is 2.56. The Morgan fingerprint density at radius 3 is 2.69 bits per heavy atom. The number of nitrogens with zero attached hydrogens (tertiary/aromatic N) is 4. The first-order valence-electron chi connectivity index (χ1n) is 12.3. The molecule has 180 valence electrons. The molecule has 2 aromatic heterocycles. The number of carbonyl (C=O) groups excluding carboxylic acids is 3. The van der Waals surface area contributed by atoms with Crippen molar-refractivity contribution < 1.29 is 14.4 Å². The van der Waals surface area contributed by atoms with Gasteiger partial charge < -0.3 is 16.0 Å². The fourth-order valence-corrected chi connectivity index (χ4v) is 6.02. The van der Waals surface area contributed by atoms with Crippen molar-refractivity contribution in [1.29, 1.82) is 0 Å². The van der Waals surface area contributed by atoms with Gasteiger partial charge in [-0.1, -0.05) is 30.3 Å². The number of fused-ring (bicyclic) bond motifs is 2. The molecule has 2 aliphatic carbocycles. The number of hydrogen-bond acceptors (Lipinski definition) is 5. The molecule has 0 spiro atoms. The summed E-state index contributed by atoms with van der Waals surface area (Å²) in [7, 11) is 0. The third-order valence-corrected chi connectivity index (χ3v) is 7.82. The predicted octanol–water partition coefficient (Wildman–Crippen LogP) is 1.97. The Balaban J connectivity index is 1.15. The van der Waals surface area contributed by atoms with Crippen molar-refractivity contribution in [3.63, 3.8) is 0 Å². The molecule has 9 heteroatoms. The van der Waals surface area contributed by atoms with Crippen molar-refractivity contribution in [3.05, 3.63) is 60.0 Å². The second-order valence-corrected chi connectivity index (χ2v) is 10.0. The number of piperidine rings is 1. The van der Waals surface area contributed by atoms with Crippen LogP contribution in [0.2, 0.25) is 0 Å². The van der Waals surface area contributed by atoms with Crippen molar-refractivity contribution in [2.24, 2.45) is 11.7 Å². The first-order chi connectivity index (χ1) is 17.0. The number of amides is 3. The number of pyridine rings is 1. The van der Waals surface area contributed by atoms with Gasteiger partial charge in [0.2, 0.25) is 11.8 Å². The highest BCUT2D eigenvalue weighted by Crippen LogP contribution is 2.48. The Labute approximate surface area is 202 Å². The summed E-state index contributed by atoms with van der Waals surface area (Å²) in [4.78, 5) is 44.4. The van der Waals surface area contributed by atoms with Gasteiger partial charge in [-0.3, -0.25) is 24.0 Å². The number of carbonyl (C=O) groups is 3. The van der Waals surface area contributed by atoms with E-state index in [9.17, 15) is 14.4 Å². The van der Waals surface area contributed by atoms with Crippen molar-refractivity contribution in [2.45, 2.75) is 62.7 Å². The van der Waals surface area contributed by atoms with E-state index in [1.54, 1.807) is 23.4 Å². The van der Waals surface area contributed by atoms with Gasteiger partial charge >= 0.3 is 0 Å². The fraction of sp³-hybridized carbons (Fsp3) is 0.423. The van der Waals surface area contributed by atoms with Crippen molar-refractivity contribution >= 4 is 28.6 Å². The lowest BCUT2D eigenvalue weighted by Gasteiger charge is -2.28. The molecule has 3 aliphatic rings. The van der Waals surface area contributed by atoms with Gasteiger partial charge in [-0.05, 0) is 55.6 Å². The van der Waals surface area contributed by atoms with Crippen LogP contribution < -0.4 is 11.1 Å². The van der Waals surface area contributed by atoms with E-state index in [0.29, 0.717) is 29.2 Å². The minimum absolute atomic E-state index is 0.0610. The molecule has 0 radical (unpaired) electrons. The Kier molecular flexibility index (Phi) is 5.27. The highest BCUT2D eigenvalue weighted by atomic mass is 16.2. The highest BCUT2D eigenvalue weighted by molar-refractivity contribution is 6.04. The van der Waals surface area contributed by atoms with Crippen molar-refractivity contribution in [1.82, 2.24) is 25.0 Å².